The van der Waals surface area contributed by atoms with Crippen LogP contribution in [0.2, 0.25) is 0 Å². The number of unbranched alkanes of at least 4 members (excludes halogenated alkanes) is 2. The molecule has 1 aliphatic rings. The van der Waals surface area contributed by atoms with Crippen LogP contribution >= 0.6 is 0 Å². The molecule has 0 fully saturated rings. The Kier molecular flexibility index (Phi) is 10.5. The zero-order valence-electron chi connectivity index (χ0n) is 39.7. The second-order valence-electron chi connectivity index (χ2n) is 19.4. The maximum Gasteiger partial charge on any atom is 0.0540 e. The van der Waals surface area contributed by atoms with Crippen molar-refractivity contribution in [3.8, 4) is 33.4 Å². The van der Waals surface area contributed by atoms with Crippen molar-refractivity contribution in [1.29, 1.82) is 0 Å². The molecular weight excluding hydrogens is 819 g/mol. The Labute approximate surface area is 401 Å². The molecule has 0 amide bonds. The van der Waals surface area contributed by atoms with E-state index in [-0.39, 0.29) is 5.41 Å². The van der Waals surface area contributed by atoms with Gasteiger partial charge in [0.15, 0.2) is 0 Å². The Hall–Kier alpha value is -7.48. The molecule has 0 saturated carbocycles. The molecule has 1 heteroatoms. The molecule has 12 rings (SSSR count). The summed E-state index contributed by atoms with van der Waals surface area (Å²) >= 11 is 0. The van der Waals surface area contributed by atoms with Gasteiger partial charge in [0.2, 0.25) is 0 Å². The maximum atomic E-state index is 2.60. The molecule has 0 atom stereocenters. The lowest BCUT2D eigenvalue weighted by molar-refractivity contribution is 0.414. The van der Waals surface area contributed by atoms with Crippen LogP contribution in [-0.4, -0.2) is 0 Å². The van der Waals surface area contributed by atoms with Crippen LogP contribution in [0, 0.1) is 13.8 Å². The van der Waals surface area contributed by atoms with Crippen molar-refractivity contribution in [2.75, 3.05) is 4.90 Å². The maximum absolute atomic E-state index is 2.60. The molecule has 0 spiro atoms. The van der Waals surface area contributed by atoms with Crippen LogP contribution in [0.5, 0.6) is 0 Å². The molecule has 0 bridgehead atoms. The topological polar surface area (TPSA) is 3.24 Å². The first kappa shape index (κ1) is 41.9. The van der Waals surface area contributed by atoms with E-state index in [2.05, 4.69) is 233 Å². The molecule has 1 aliphatic carbocycles. The highest BCUT2D eigenvalue weighted by atomic mass is 15.1. The Balaban J connectivity index is 1.02. The Morgan fingerprint density at radius 1 is 0.368 bits per heavy atom. The first-order chi connectivity index (χ1) is 33.5. The summed E-state index contributed by atoms with van der Waals surface area (Å²) in [4.78, 5) is 2.48. The third kappa shape index (κ3) is 6.66. The van der Waals surface area contributed by atoms with E-state index in [1.807, 2.05) is 0 Å². The molecule has 0 unspecified atom stereocenters. The summed E-state index contributed by atoms with van der Waals surface area (Å²) in [5, 5.41) is 12.6. The highest BCUT2D eigenvalue weighted by molar-refractivity contribution is 6.22. The second kappa shape index (κ2) is 17.0. The van der Waals surface area contributed by atoms with Gasteiger partial charge in [0.25, 0.3) is 0 Å². The van der Waals surface area contributed by atoms with Gasteiger partial charge in [-0.05, 0) is 162 Å². The van der Waals surface area contributed by atoms with E-state index < -0.39 is 0 Å². The molecule has 0 aliphatic heterocycles. The number of anilines is 3. The summed E-state index contributed by atoms with van der Waals surface area (Å²) in [5.41, 5.74) is 17.1. The van der Waals surface area contributed by atoms with Gasteiger partial charge in [0, 0.05) is 21.9 Å². The summed E-state index contributed by atoms with van der Waals surface area (Å²) < 4.78 is 0. The fraction of sp³-hybridized carbons (Fsp3) is 0.164. The number of hydrogen-bond acceptors (Lipinski definition) is 1. The standard InChI is InChI=1S/C67H57N/c1-5-7-39-67(40-8-6-2)61-28-18-17-21-53(61)54-36-34-49(43-62(54)67)66-59-26-15-13-24-57(59)65(58-25-14-16-27-60(58)66)48-32-31-47-42-50(35-33-46(47)41-48)68(63-37-29-44(3)51-19-9-11-22-55(51)63)64-38-30-45(4)52-20-10-12-23-56(52)64/h9-38,41-43H,5-8,39-40H2,1-4H3. The van der Waals surface area contributed by atoms with Crippen LogP contribution in [0.15, 0.2) is 200 Å². The lowest BCUT2D eigenvalue weighted by Crippen LogP contribution is -2.25. The van der Waals surface area contributed by atoms with Crippen LogP contribution in [0.4, 0.5) is 17.1 Å². The lowest BCUT2D eigenvalue weighted by atomic mass is 9.70. The molecule has 11 aromatic rings. The summed E-state index contributed by atoms with van der Waals surface area (Å²) in [6.07, 6.45) is 7.22. The van der Waals surface area contributed by atoms with Gasteiger partial charge in [-0.15, -0.1) is 0 Å². The summed E-state index contributed by atoms with van der Waals surface area (Å²) in [7, 11) is 0. The summed E-state index contributed by atoms with van der Waals surface area (Å²) in [6, 6.07) is 76.0. The van der Waals surface area contributed by atoms with Crippen molar-refractivity contribution >= 4 is 70.9 Å². The van der Waals surface area contributed by atoms with E-state index in [1.54, 1.807) is 0 Å². The third-order valence-electron chi connectivity index (χ3n) is 15.5. The molecule has 0 radical (unpaired) electrons. The van der Waals surface area contributed by atoms with Crippen LogP contribution in [0.1, 0.15) is 74.6 Å². The molecule has 68 heavy (non-hydrogen) atoms. The molecule has 330 valence electrons. The average Bonchev–Trinajstić information content (AvgIpc) is 3.66. The van der Waals surface area contributed by atoms with Crippen LogP contribution in [0.25, 0.3) is 87.2 Å². The number of rotatable bonds is 11. The number of nitrogens with zero attached hydrogens (tertiary/aromatic N) is 1. The Bertz CT molecular complexity index is 3610. The van der Waals surface area contributed by atoms with Crippen molar-refractivity contribution in [3.63, 3.8) is 0 Å². The largest absolute Gasteiger partial charge is 0.309 e. The monoisotopic (exact) mass is 875 g/mol. The van der Waals surface area contributed by atoms with Gasteiger partial charge in [-0.1, -0.05) is 203 Å². The summed E-state index contributed by atoms with van der Waals surface area (Å²) in [5.74, 6) is 0. The van der Waals surface area contributed by atoms with E-state index in [0.29, 0.717) is 0 Å². The SMILES string of the molecule is CCCCC1(CCCC)c2ccccc2-c2ccc(-c3c4ccccc4c(-c4ccc5cc(N(c6ccc(C)c7ccccc67)c6ccc(C)c7ccccc67)ccc5c4)c4ccccc34)cc21. The number of fused-ring (bicyclic) bond motifs is 8. The Morgan fingerprint density at radius 2 is 0.809 bits per heavy atom. The molecule has 1 nitrogen and oxygen atoms in total. The van der Waals surface area contributed by atoms with E-state index in [9.17, 15) is 0 Å². The molecular formula is C67H57N. The van der Waals surface area contributed by atoms with Gasteiger partial charge in [0.05, 0.1) is 11.4 Å². The van der Waals surface area contributed by atoms with Crippen molar-refractivity contribution in [3.05, 3.63) is 222 Å². The van der Waals surface area contributed by atoms with Gasteiger partial charge in [-0.2, -0.15) is 0 Å². The van der Waals surface area contributed by atoms with Gasteiger partial charge in [-0.25, -0.2) is 0 Å². The quantitative estimate of drug-likeness (QED) is 0.117. The van der Waals surface area contributed by atoms with Crippen LogP contribution in [0.3, 0.4) is 0 Å². The first-order valence-electron chi connectivity index (χ1n) is 25.0. The smallest absolute Gasteiger partial charge is 0.0540 e. The minimum absolute atomic E-state index is 0.0311. The Morgan fingerprint density at radius 3 is 1.37 bits per heavy atom. The second-order valence-corrected chi connectivity index (χ2v) is 19.4. The van der Waals surface area contributed by atoms with Crippen molar-refractivity contribution < 1.29 is 0 Å². The van der Waals surface area contributed by atoms with Gasteiger partial charge in [-0.3, -0.25) is 0 Å². The number of hydrogen-bond donors (Lipinski definition) is 0. The minimum Gasteiger partial charge on any atom is -0.309 e. The van der Waals surface area contributed by atoms with E-state index in [0.717, 1.165) is 5.69 Å². The fourth-order valence-corrected chi connectivity index (χ4v) is 12.2. The molecule has 0 saturated heterocycles. The van der Waals surface area contributed by atoms with E-state index in [4.69, 9.17) is 0 Å². The predicted molar refractivity (Wildman–Crippen MR) is 294 cm³/mol. The van der Waals surface area contributed by atoms with Crippen molar-refractivity contribution in [2.24, 2.45) is 0 Å². The third-order valence-corrected chi connectivity index (χ3v) is 15.5. The number of benzene rings is 11. The van der Waals surface area contributed by atoms with E-state index >= 15 is 0 Å². The zero-order chi connectivity index (χ0) is 45.9. The van der Waals surface area contributed by atoms with Crippen LogP contribution in [-0.2, 0) is 5.41 Å². The van der Waals surface area contributed by atoms with Gasteiger partial charge in [0.1, 0.15) is 0 Å². The zero-order valence-corrected chi connectivity index (χ0v) is 39.7. The molecule has 0 heterocycles. The van der Waals surface area contributed by atoms with Crippen LogP contribution < -0.4 is 4.90 Å². The highest BCUT2D eigenvalue weighted by Crippen LogP contribution is 2.56. The normalized spacial score (nSPS) is 12.9. The van der Waals surface area contributed by atoms with Crippen molar-refractivity contribution in [1.82, 2.24) is 0 Å². The first-order valence-corrected chi connectivity index (χ1v) is 25.0. The van der Waals surface area contributed by atoms with Gasteiger partial charge >= 0.3 is 0 Å². The average molecular weight is 876 g/mol. The highest BCUT2D eigenvalue weighted by Gasteiger charge is 2.42. The molecule has 0 N–H and O–H groups in total. The lowest BCUT2D eigenvalue weighted by Gasteiger charge is -2.33. The fourth-order valence-electron chi connectivity index (χ4n) is 12.2. The van der Waals surface area contributed by atoms with Crippen molar-refractivity contribution in [2.45, 2.75) is 71.6 Å². The number of aryl methyl sites for hydroxylation is 2. The predicted octanol–water partition coefficient (Wildman–Crippen LogP) is 19.5. The molecule has 11 aromatic carbocycles. The van der Waals surface area contributed by atoms with Gasteiger partial charge < -0.3 is 4.90 Å². The minimum atomic E-state index is 0.0311. The van der Waals surface area contributed by atoms with E-state index in [1.165, 1.54) is 159 Å². The summed E-state index contributed by atoms with van der Waals surface area (Å²) in [6.45, 7) is 9.11. The molecule has 0 aromatic heterocycles.